The molecule has 0 saturated carbocycles. The number of carbonyl (C=O) groups excluding carboxylic acids is 1. The molecule has 0 aliphatic carbocycles. The Morgan fingerprint density at radius 2 is 1.95 bits per heavy atom. The van der Waals surface area contributed by atoms with E-state index < -0.39 is 20.6 Å². The van der Waals surface area contributed by atoms with Gasteiger partial charge in [-0.2, -0.15) is 0 Å². The Kier molecular flexibility index (Phi) is 5.18. The highest BCUT2D eigenvalue weighted by atomic mass is 32.2. The van der Waals surface area contributed by atoms with Crippen LogP contribution in [0.1, 0.15) is 39.5 Å². The quantitative estimate of drug-likeness (QED) is 0.815. The maximum atomic E-state index is 12.4. The van der Waals surface area contributed by atoms with Crippen LogP contribution in [0.3, 0.4) is 0 Å². The number of amides is 1. The zero-order valence-corrected chi connectivity index (χ0v) is 13.1. The van der Waals surface area contributed by atoms with Crippen molar-refractivity contribution in [2.24, 2.45) is 5.92 Å². The summed E-state index contributed by atoms with van der Waals surface area (Å²) in [6, 6.07) is 0. The highest BCUT2D eigenvalue weighted by Gasteiger charge is 2.42. The number of sulfone groups is 1. The number of piperidine rings is 1. The number of carboxylic acids is 1. The zero-order valence-electron chi connectivity index (χ0n) is 12.3. The van der Waals surface area contributed by atoms with Gasteiger partial charge in [0.25, 0.3) is 0 Å². The number of nitrogens with zero attached hydrogens (tertiary/aromatic N) is 1. The van der Waals surface area contributed by atoms with Gasteiger partial charge in [0.15, 0.2) is 9.84 Å². The van der Waals surface area contributed by atoms with E-state index in [4.69, 9.17) is 5.11 Å². The van der Waals surface area contributed by atoms with Gasteiger partial charge in [0.1, 0.15) is 4.75 Å². The van der Waals surface area contributed by atoms with Crippen molar-refractivity contribution in [1.82, 2.24) is 4.90 Å². The first kappa shape index (κ1) is 16.9. The van der Waals surface area contributed by atoms with Gasteiger partial charge in [0, 0.05) is 25.8 Å². The Bertz CT molecular complexity index is 483. The maximum absolute atomic E-state index is 12.4. The molecule has 1 fully saturated rings. The fraction of sp³-hybridized carbons (Fsp3) is 0.846. The van der Waals surface area contributed by atoms with Crippen LogP contribution in [0, 0.1) is 5.92 Å². The van der Waals surface area contributed by atoms with Gasteiger partial charge in [-0.25, -0.2) is 8.42 Å². The molecule has 1 heterocycles. The summed E-state index contributed by atoms with van der Waals surface area (Å²) in [5.74, 6) is -1.09. The second kappa shape index (κ2) is 6.11. The Labute approximate surface area is 120 Å². The van der Waals surface area contributed by atoms with Gasteiger partial charge in [-0.05, 0) is 39.0 Å². The molecular formula is C13H23NO5S. The van der Waals surface area contributed by atoms with E-state index in [9.17, 15) is 18.0 Å². The third-order valence-electron chi connectivity index (χ3n) is 4.01. The van der Waals surface area contributed by atoms with Crippen LogP contribution in [0.25, 0.3) is 0 Å². The van der Waals surface area contributed by atoms with Gasteiger partial charge in [0.05, 0.1) is 0 Å². The van der Waals surface area contributed by atoms with Gasteiger partial charge in [-0.3, -0.25) is 9.59 Å². The molecule has 0 aromatic heterocycles. The molecule has 0 aromatic carbocycles. The fourth-order valence-corrected chi connectivity index (χ4v) is 2.80. The normalized spacial score (nSPS) is 20.8. The monoisotopic (exact) mass is 305 g/mol. The lowest BCUT2D eigenvalue weighted by Crippen LogP contribution is -2.52. The summed E-state index contributed by atoms with van der Waals surface area (Å²) in [6.45, 7) is 3.84. The lowest BCUT2D eigenvalue weighted by atomic mass is 9.92. The molecule has 1 atom stereocenters. The minimum atomic E-state index is -3.48. The predicted octanol–water partition coefficient (Wildman–Crippen LogP) is 0.913. The van der Waals surface area contributed by atoms with E-state index in [0.717, 1.165) is 19.1 Å². The van der Waals surface area contributed by atoms with Crippen molar-refractivity contribution in [2.45, 2.75) is 44.3 Å². The molecule has 1 N–H and O–H groups in total. The molecule has 7 heteroatoms. The topological polar surface area (TPSA) is 91.8 Å². The summed E-state index contributed by atoms with van der Waals surface area (Å²) in [5.41, 5.74) is 0. The SMILES string of the molecule is CC(C)(C(=O)N1CCCC(CCC(=O)O)C1)S(C)(=O)=O. The van der Waals surface area contributed by atoms with Crippen molar-refractivity contribution in [3.8, 4) is 0 Å². The van der Waals surface area contributed by atoms with Crippen LogP contribution in [0.5, 0.6) is 0 Å². The first-order chi connectivity index (χ1) is 9.05. The van der Waals surface area contributed by atoms with E-state index in [-0.39, 0.29) is 18.2 Å². The standard InChI is InChI=1S/C13H23NO5S/c1-13(2,20(3,18)19)12(17)14-8-4-5-10(9-14)6-7-11(15)16/h10H,4-9H2,1-3H3,(H,15,16). The maximum Gasteiger partial charge on any atom is 0.303 e. The van der Waals surface area contributed by atoms with Crippen LogP contribution in [0.4, 0.5) is 0 Å². The van der Waals surface area contributed by atoms with Gasteiger partial charge < -0.3 is 10.0 Å². The minimum Gasteiger partial charge on any atom is -0.481 e. The van der Waals surface area contributed by atoms with Crippen molar-refractivity contribution in [3.63, 3.8) is 0 Å². The second-order valence-corrected chi connectivity index (χ2v) is 8.54. The van der Waals surface area contributed by atoms with Crippen LogP contribution in [0.2, 0.25) is 0 Å². The third kappa shape index (κ3) is 3.94. The van der Waals surface area contributed by atoms with Gasteiger partial charge in [-0.1, -0.05) is 0 Å². The minimum absolute atomic E-state index is 0.0855. The van der Waals surface area contributed by atoms with Crippen molar-refractivity contribution in [2.75, 3.05) is 19.3 Å². The molecule has 0 aromatic rings. The average Bonchev–Trinajstić information content (AvgIpc) is 2.34. The van der Waals surface area contributed by atoms with Crippen molar-refractivity contribution in [3.05, 3.63) is 0 Å². The summed E-state index contributed by atoms with van der Waals surface area (Å²) >= 11 is 0. The summed E-state index contributed by atoms with van der Waals surface area (Å²) in [6.07, 6.45) is 3.35. The number of carbonyl (C=O) groups is 2. The molecule has 1 unspecified atom stereocenters. The number of carboxylic acid groups (broad SMARTS) is 1. The van der Waals surface area contributed by atoms with Crippen molar-refractivity contribution >= 4 is 21.7 Å². The largest absolute Gasteiger partial charge is 0.481 e. The van der Waals surface area contributed by atoms with E-state index in [1.165, 1.54) is 13.8 Å². The molecule has 1 aliphatic heterocycles. The number of hydrogen-bond donors (Lipinski definition) is 1. The zero-order chi connectivity index (χ0) is 15.6. The lowest BCUT2D eigenvalue weighted by Gasteiger charge is -2.36. The molecule has 1 rings (SSSR count). The predicted molar refractivity (Wildman–Crippen MR) is 75.1 cm³/mol. The molecule has 0 radical (unpaired) electrons. The van der Waals surface area contributed by atoms with Crippen molar-refractivity contribution < 1.29 is 23.1 Å². The van der Waals surface area contributed by atoms with Crippen molar-refractivity contribution in [1.29, 1.82) is 0 Å². The van der Waals surface area contributed by atoms with E-state index in [1.54, 1.807) is 4.90 Å². The molecule has 0 bridgehead atoms. The number of rotatable bonds is 5. The van der Waals surface area contributed by atoms with Gasteiger partial charge >= 0.3 is 5.97 Å². The summed E-state index contributed by atoms with van der Waals surface area (Å²) in [5, 5.41) is 8.70. The summed E-state index contributed by atoms with van der Waals surface area (Å²) < 4.78 is 22.0. The Hall–Kier alpha value is -1.11. The Morgan fingerprint density at radius 3 is 2.45 bits per heavy atom. The van der Waals surface area contributed by atoms with Crippen LogP contribution in [-0.4, -0.2) is 54.4 Å². The smallest absolute Gasteiger partial charge is 0.303 e. The second-order valence-electron chi connectivity index (χ2n) is 5.97. The van der Waals surface area contributed by atoms with E-state index in [0.29, 0.717) is 19.5 Å². The van der Waals surface area contributed by atoms with Crippen LogP contribution in [0.15, 0.2) is 0 Å². The number of likely N-dealkylation sites (tertiary alicyclic amines) is 1. The number of aliphatic carboxylic acids is 1. The van der Waals surface area contributed by atoms with Gasteiger partial charge in [0.2, 0.25) is 5.91 Å². The van der Waals surface area contributed by atoms with Crippen LogP contribution < -0.4 is 0 Å². The first-order valence-corrected chi connectivity index (χ1v) is 8.65. The molecular weight excluding hydrogens is 282 g/mol. The average molecular weight is 305 g/mol. The molecule has 1 aliphatic rings. The van der Waals surface area contributed by atoms with E-state index in [2.05, 4.69) is 0 Å². The Morgan fingerprint density at radius 1 is 1.35 bits per heavy atom. The lowest BCUT2D eigenvalue weighted by molar-refractivity contribution is -0.137. The van der Waals surface area contributed by atoms with Crippen LogP contribution >= 0.6 is 0 Å². The number of hydrogen-bond acceptors (Lipinski definition) is 4. The van der Waals surface area contributed by atoms with E-state index >= 15 is 0 Å². The summed E-state index contributed by atoms with van der Waals surface area (Å²) in [4.78, 5) is 24.5. The molecule has 1 saturated heterocycles. The van der Waals surface area contributed by atoms with E-state index in [1.807, 2.05) is 0 Å². The van der Waals surface area contributed by atoms with Crippen LogP contribution in [-0.2, 0) is 19.4 Å². The molecule has 0 spiro atoms. The highest BCUT2D eigenvalue weighted by Crippen LogP contribution is 2.25. The summed E-state index contributed by atoms with van der Waals surface area (Å²) in [7, 11) is -3.48. The fourth-order valence-electron chi connectivity index (χ4n) is 2.35. The van der Waals surface area contributed by atoms with Gasteiger partial charge in [-0.15, -0.1) is 0 Å². The molecule has 6 nitrogen and oxygen atoms in total. The molecule has 1 amide bonds. The molecule has 116 valence electrons. The molecule has 20 heavy (non-hydrogen) atoms. The highest BCUT2D eigenvalue weighted by molar-refractivity contribution is 7.92. The first-order valence-electron chi connectivity index (χ1n) is 6.76. The Balaban J connectivity index is 2.72. The third-order valence-corrected chi connectivity index (χ3v) is 6.04.